The zero-order valence-corrected chi connectivity index (χ0v) is 13.9. The number of fused-ring (bicyclic) bond motifs is 1. The maximum absolute atomic E-state index is 12.4. The zero-order valence-electron chi connectivity index (χ0n) is 12.3. The van der Waals surface area contributed by atoms with Crippen molar-refractivity contribution in [2.75, 3.05) is 11.6 Å². The summed E-state index contributed by atoms with van der Waals surface area (Å²) in [6.45, 7) is 0. The average molecular weight is 342 g/mol. The number of thioether (sulfide) groups is 1. The normalized spacial score (nSPS) is 10.7. The van der Waals surface area contributed by atoms with E-state index in [9.17, 15) is 4.79 Å². The second kappa shape index (κ2) is 6.39. The highest BCUT2D eigenvalue weighted by Crippen LogP contribution is 2.34. The molecule has 0 fully saturated rings. The van der Waals surface area contributed by atoms with Gasteiger partial charge in [-0.15, -0.1) is 23.1 Å². The van der Waals surface area contributed by atoms with Crippen LogP contribution in [0.5, 0.6) is 0 Å². The molecule has 1 amide bonds. The smallest absolute Gasteiger partial charge is 0.274 e. The van der Waals surface area contributed by atoms with E-state index in [0.29, 0.717) is 16.3 Å². The van der Waals surface area contributed by atoms with Crippen molar-refractivity contribution < 1.29 is 4.79 Å². The van der Waals surface area contributed by atoms with Crippen LogP contribution in [-0.2, 0) is 0 Å². The van der Waals surface area contributed by atoms with Crippen LogP contribution in [0.2, 0.25) is 0 Å². The molecule has 0 spiro atoms. The molecular formula is C16H14N4OS2. The van der Waals surface area contributed by atoms with E-state index in [4.69, 9.17) is 11.1 Å². The Morgan fingerprint density at radius 3 is 2.83 bits per heavy atom. The van der Waals surface area contributed by atoms with Gasteiger partial charge in [0.1, 0.15) is 11.5 Å². The van der Waals surface area contributed by atoms with Gasteiger partial charge in [0, 0.05) is 10.8 Å². The highest BCUT2D eigenvalue weighted by molar-refractivity contribution is 7.99. The van der Waals surface area contributed by atoms with Gasteiger partial charge in [0.25, 0.3) is 5.91 Å². The summed E-state index contributed by atoms with van der Waals surface area (Å²) in [4.78, 5) is 18.3. The fourth-order valence-corrected chi connectivity index (χ4v) is 4.05. The fraction of sp³-hybridized carbons (Fsp3) is 0.0625. The van der Waals surface area contributed by atoms with Crippen LogP contribution in [0, 0.1) is 5.41 Å². The van der Waals surface area contributed by atoms with Crippen LogP contribution in [-0.4, -0.2) is 23.0 Å². The largest absolute Gasteiger partial charge is 0.383 e. The minimum absolute atomic E-state index is 0.00341. The van der Waals surface area contributed by atoms with Gasteiger partial charge in [-0.25, -0.2) is 4.98 Å². The van der Waals surface area contributed by atoms with E-state index in [1.165, 1.54) is 23.1 Å². The lowest BCUT2D eigenvalue weighted by Gasteiger charge is -2.07. The molecule has 23 heavy (non-hydrogen) atoms. The van der Waals surface area contributed by atoms with E-state index in [0.717, 1.165) is 15.8 Å². The summed E-state index contributed by atoms with van der Waals surface area (Å²) >= 11 is 2.79. The van der Waals surface area contributed by atoms with E-state index in [-0.39, 0.29) is 11.7 Å². The monoisotopic (exact) mass is 342 g/mol. The van der Waals surface area contributed by atoms with Crippen LogP contribution in [0.15, 0.2) is 46.7 Å². The number of carbonyl (C=O) groups is 1. The Morgan fingerprint density at radius 1 is 1.30 bits per heavy atom. The molecule has 2 aromatic heterocycles. The molecule has 5 nitrogen and oxygen atoms in total. The summed E-state index contributed by atoms with van der Waals surface area (Å²) in [7, 11) is 0. The molecule has 0 radical (unpaired) electrons. The molecule has 0 aliphatic heterocycles. The van der Waals surface area contributed by atoms with Gasteiger partial charge in [0.15, 0.2) is 0 Å². The molecule has 0 bridgehead atoms. The molecule has 7 heteroatoms. The predicted octanol–water partition coefficient (Wildman–Crippen LogP) is 3.55. The number of amides is 1. The molecule has 3 rings (SSSR count). The SMILES string of the molecule is CSc1c(NC(=O)c2ccc3ccccc3n2)csc1C(=N)N. The molecule has 0 atom stereocenters. The van der Waals surface area contributed by atoms with Crippen molar-refractivity contribution in [2.45, 2.75) is 4.90 Å². The van der Waals surface area contributed by atoms with Crippen molar-refractivity contribution in [3.63, 3.8) is 0 Å². The first-order valence-electron chi connectivity index (χ1n) is 6.77. The summed E-state index contributed by atoms with van der Waals surface area (Å²) in [5.41, 5.74) is 7.35. The lowest BCUT2D eigenvalue weighted by molar-refractivity contribution is 0.102. The van der Waals surface area contributed by atoms with Gasteiger partial charge in [0.2, 0.25) is 0 Å². The Hall–Kier alpha value is -2.38. The van der Waals surface area contributed by atoms with Gasteiger partial charge in [-0.1, -0.05) is 24.3 Å². The van der Waals surface area contributed by atoms with Crippen LogP contribution >= 0.6 is 23.1 Å². The van der Waals surface area contributed by atoms with Crippen molar-refractivity contribution in [3.05, 3.63) is 52.3 Å². The Bertz CT molecular complexity index is 904. The number of pyridine rings is 1. The minimum atomic E-state index is -0.279. The molecule has 0 aliphatic rings. The number of thiophene rings is 1. The molecule has 4 N–H and O–H groups in total. The molecule has 0 unspecified atom stereocenters. The molecule has 0 saturated heterocycles. The van der Waals surface area contributed by atoms with Gasteiger partial charge < -0.3 is 11.1 Å². The van der Waals surface area contributed by atoms with Crippen LogP contribution in [0.1, 0.15) is 15.4 Å². The highest BCUT2D eigenvalue weighted by Gasteiger charge is 2.16. The lowest BCUT2D eigenvalue weighted by atomic mass is 10.2. The topological polar surface area (TPSA) is 91.9 Å². The number of nitrogen functional groups attached to an aromatic ring is 1. The van der Waals surface area contributed by atoms with E-state index < -0.39 is 0 Å². The van der Waals surface area contributed by atoms with Crippen LogP contribution in [0.25, 0.3) is 10.9 Å². The third-order valence-electron chi connectivity index (χ3n) is 3.27. The fourth-order valence-electron chi connectivity index (χ4n) is 2.20. The number of nitrogens with two attached hydrogens (primary N) is 1. The van der Waals surface area contributed by atoms with Crippen LogP contribution in [0.4, 0.5) is 5.69 Å². The second-order valence-corrected chi connectivity index (χ2v) is 6.46. The molecular weight excluding hydrogens is 328 g/mol. The summed E-state index contributed by atoms with van der Waals surface area (Å²) < 4.78 is 0. The van der Waals surface area contributed by atoms with Crippen LogP contribution < -0.4 is 11.1 Å². The number of nitrogens with zero attached hydrogens (tertiary/aromatic N) is 1. The third kappa shape index (κ3) is 3.06. The zero-order chi connectivity index (χ0) is 16.4. The van der Waals surface area contributed by atoms with Crippen molar-refractivity contribution in [3.8, 4) is 0 Å². The molecule has 1 aromatic carbocycles. The molecule has 0 aliphatic carbocycles. The van der Waals surface area contributed by atoms with E-state index >= 15 is 0 Å². The first-order chi connectivity index (χ1) is 11.1. The van der Waals surface area contributed by atoms with E-state index in [1.807, 2.05) is 36.6 Å². The van der Waals surface area contributed by atoms with E-state index in [2.05, 4.69) is 10.3 Å². The number of hydrogen-bond acceptors (Lipinski definition) is 5. The first kappa shape index (κ1) is 15.5. The quantitative estimate of drug-likeness (QED) is 0.384. The summed E-state index contributed by atoms with van der Waals surface area (Å²) in [5, 5.41) is 13.2. The number of anilines is 1. The summed E-state index contributed by atoms with van der Waals surface area (Å²) in [5.74, 6) is -0.275. The maximum atomic E-state index is 12.4. The van der Waals surface area contributed by atoms with Gasteiger partial charge in [-0.3, -0.25) is 10.2 Å². The van der Waals surface area contributed by atoms with Crippen molar-refractivity contribution in [1.82, 2.24) is 4.98 Å². The van der Waals surface area contributed by atoms with E-state index in [1.54, 1.807) is 11.4 Å². The summed E-state index contributed by atoms with van der Waals surface area (Å²) in [6.07, 6.45) is 1.89. The van der Waals surface area contributed by atoms with Gasteiger partial charge in [0.05, 0.1) is 21.0 Å². The molecule has 0 saturated carbocycles. The number of aromatic nitrogens is 1. The second-order valence-electron chi connectivity index (χ2n) is 4.77. The number of nitrogens with one attached hydrogen (secondary N) is 2. The Morgan fingerprint density at radius 2 is 2.09 bits per heavy atom. The number of carbonyl (C=O) groups excluding carboxylic acids is 1. The average Bonchev–Trinajstić information content (AvgIpc) is 2.97. The number of amidine groups is 1. The van der Waals surface area contributed by atoms with Gasteiger partial charge in [-0.05, 0) is 18.4 Å². The molecule has 3 aromatic rings. The number of hydrogen-bond donors (Lipinski definition) is 3. The molecule has 2 heterocycles. The molecule has 116 valence electrons. The Kier molecular flexibility index (Phi) is 4.31. The Balaban J connectivity index is 1.90. The first-order valence-corrected chi connectivity index (χ1v) is 8.87. The maximum Gasteiger partial charge on any atom is 0.274 e. The lowest BCUT2D eigenvalue weighted by Crippen LogP contribution is -2.14. The number of benzene rings is 1. The summed E-state index contributed by atoms with van der Waals surface area (Å²) in [6, 6.07) is 11.2. The van der Waals surface area contributed by atoms with Crippen molar-refractivity contribution >= 4 is 51.4 Å². The standard InChI is InChI=1S/C16H14N4OS2/c1-22-13-12(8-23-14(13)15(17)18)20-16(21)11-7-6-9-4-2-3-5-10(9)19-11/h2-8H,1H3,(H3,17,18)(H,20,21). The third-order valence-corrected chi connectivity index (χ3v) is 5.25. The van der Waals surface area contributed by atoms with Gasteiger partial charge >= 0.3 is 0 Å². The predicted molar refractivity (Wildman–Crippen MR) is 96.8 cm³/mol. The highest BCUT2D eigenvalue weighted by atomic mass is 32.2. The number of rotatable bonds is 4. The van der Waals surface area contributed by atoms with Crippen molar-refractivity contribution in [2.24, 2.45) is 5.73 Å². The van der Waals surface area contributed by atoms with Crippen molar-refractivity contribution in [1.29, 1.82) is 5.41 Å². The minimum Gasteiger partial charge on any atom is -0.383 e. The number of para-hydroxylation sites is 1. The van der Waals surface area contributed by atoms with Gasteiger partial charge in [-0.2, -0.15) is 0 Å². The Labute approximate surface area is 141 Å². The van der Waals surface area contributed by atoms with Crippen LogP contribution in [0.3, 0.4) is 0 Å².